The molecule has 0 saturated carbocycles. The number of hydrogen-bond acceptors (Lipinski definition) is 7. The first-order valence-electron chi connectivity index (χ1n) is 8.05. The Balaban J connectivity index is 3.40. The van der Waals surface area contributed by atoms with Crippen LogP contribution in [0.2, 0.25) is 0 Å². The first-order valence-corrected chi connectivity index (χ1v) is 12.2. The van der Waals surface area contributed by atoms with Crippen molar-refractivity contribution in [1.82, 2.24) is 0 Å². The monoisotopic (exact) mass is 458 g/mol. The predicted octanol–water partition coefficient (Wildman–Crippen LogP) is 5.03. The largest absolute Gasteiger partial charge is 0.530 e. The minimum atomic E-state index is -3.84. The molecule has 0 spiro atoms. The molecule has 0 aliphatic rings. The van der Waals surface area contributed by atoms with E-state index in [1.54, 1.807) is 45.9 Å². The molecule has 0 aromatic heterocycles. The molecular formula is C15H25BrO7P2. The second kappa shape index (κ2) is 10.8. The second-order valence-electron chi connectivity index (χ2n) is 4.64. The molecule has 0 amide bonds. The van der Waals surface area contributed by atoms with Crippen LogP contribution < -0.4 is 9.83 Å². The van der Waals surface area contributed by atoms with E-state index in [0.717, 1.165) is 5.56 Å². The second-order valence-corrected chi connectivity index (χ2v) is 8.79. The summed E-state index contributed by atoms with van der Waals surface area (Å²) in [6.07, 6.45) is 0. The van der Waals surface area contributed by atoms with Crippen molar-refractivity contribution in [2.75, 3.05) is 26.4 Å². The molecule has 0 aliphatic heterocycles. The summed E-state index contributed by atoms with van der Waals surface area (Å²) in [7, 11) is -7.49. The molecule has 25 heavy (non-hydrogen) atoms. The summed E-state index contributed by atoms with van der Waals surface area (Å²) >= 11 is 3.36. The average molecular weight is 459 g/mol. The number of rotatable bonds is 12. The van der Waals surface area contributed by atoms with E-state index < -0.39 is 15.4 Å². The van der Waals surface area contributed by atoms with E-state index in [4.69, 9.17) is 22.6 Å². The topological polar surface area (TPSA) is 80.3 Å². The van der Waals surface area contributed by atoms with Gasteiger partial charge in [0.1, 0.15) is 11.1 Å². The molecule has 144 valence electrons. The van der Waals surface area contributed by atoms with E-state index >= 15 is 0 Å². The summed E-state index contributed by atoms with van der Waals surface area (Å²) in [5.41, 5.74) is 0.838. The van der Waals surface area contributed by atoms with Crippen LogP contribution in [-0.4, -0.2) is 26.4 Å². The maximum atomic E-state index is 13.2. The summed E-state index contributed by atoms with van der Waals surface area (Å²) in [5, 5.41) is 0.723. The standard InChI is InChI=1S/C15H25BrO7P2/c1-5-19-24(17,20-6-2)15-11-13(12-16)9-10-14(15)23-25(18,21-7-3)22-8-4/h9-11H,5-8,12H2,1-4H3. The zero-order valence-corrected chi connectivity index (χ0v) is 18.3. The number of benzene rings is 1. The van der Waals surface area contributed by atoms with Gasteiger partial charge in [0.15, 0.2) is 0 Å². The number of alkyl halides is 1. The van der Waals surface area contributed by atoms with Crippen LogP contribution in [0.1, 0.15) is 33.3 Å². The fourth-order valence-corrected chi connectivity index (χ4v) is 5.36. The summed E-state index contributed by atoms with van der Waals surface area (Å²) in [6, 6.07) is 4.94. The summed E-state index contributed by atoms with van der Waals surface area (Å²) in [4.78, 5) is 0. The smallest absolute Gasteiger partial charge is 0.403 e. The fourth-order valence-electron chi connectivity index (χ4n) is 1.98. The van der Waals surface area contributed by atoms with Gasteiger partial charge in [0, 0.05) is 5.33 Å². The van der Waals surface area contributed by atoms with Crippen LogP contribution in [0.5, 0.6) is 5.75 Å². The lowest BCUT2D eigenvalue weighted by molar-refractivity contribution is 0.167. The molecule has 0 bridgehead atoms. The van der Waals surface area contributed by atoms with Crippen LogP contribution in [0.15, 0.2) is 18.2 Å². The van der Waals surface area contributed by atoms with E-state index in [9.17, 15) is 9.13 Å². The Labute approximate surface area is 157 Å². The molecule has 7 nitrogen and oxygen atoms in total. The van der Waals surface area contributed by atoms with Crippen molar-refractivity contribution in [2.45, 2.75) is 33.0 Å². The van der Waals surface area contributed by atoms with Gasteiger partial charge in [-0.25, -0.2) is 4.57 Å². The lowest BCUT2D eigenvalue weighted by atomic mass is 10.2. The minimum Gasteiger partial charge on any atom is -0.403 e. The molecule has 0 saturated heterocycles. The van der Waals surface area contributed by atoms with Gasteiger partial charge in [-0.3, -0.25) is 13.6 Å². The predicted molar refractivity (Wildman–Crippen MR) is 101 cm³/mol. The van der Waals surface area contributed by atoms with Crippen molar-refractivity contribution in [2.24, 2.45) is 0 Å². The van der Waals surface area contributed by atoms with Gasteiger partial charge in [0.2, 0.25) is 0 Å². The zero-order valence-electron chi connectivity index (χ0n) is 14.9. The quantitative estimate of drug-likeness (QED) is 0.320. The molecule has 0 aliphatic carbocycles. The molecule has 0 fully saturated rings. The van der Waals surface area contributed by atoms with Gasteiger partial charge in [0.05, 0.1) is 26.4 Å². The summed E-state index contributed by atoms with van der Waals surface area (Å²) < 4.78 is 52.5. The molecule has 0 unspecified atom stereocenters. The number of phosphoric acid groups is 1. The van der Waals surface area contributed by atoms with E-state index in [2.05, 4.69) is 15.9 Å². The van der Waals surface area contributed by atoms with Crippen molar-refractivity contribution < 1.29 is 31.7 Å². The van der Waals surface area contributed by atoms with Crippen LogP contribution in [0.3, 0.4) is 0 Å². The van der Waals surface area contributed by atoms with Gasteiger partial charge >= 0.3 is 15.4 Å². The van der Waals surface area contributed by atoms with Gasteiger partial charge in [-0.2, -0.15) is 0 Å². The minimum absolute atomic E-state index is 0.0835. The van der Waals surface area contributed by atoms with Gasteiger partial charge in [0.25, 0.3) is 0 Å². The maximum absolute atomic E-state index is 13.2. The van der Waals surface area contributed by atoms with Gasteiger partial charge in [-0.05, 0) is 45.4 Å². The Morgan fingerprint density at radius 3 is 1.84 bits per heavy atom. The SMILES string of the molecule is CCOP(=O)(OCC)Oc1ccc(CBr)cc1P(=O)(OCC)OCC. The Morgan fingerprint density at radius 2 is 1.40 bits per heavy atom. The van der Waals surface area contributed by atoms with Crippen molar-refractivity contribution in [1.29, 1.82) is 0 Å². The third kappa shape index (κ3) is 6.47. The van der Waals surface area contributed by atoms with Crippen LogP contribution in [0.4, 0.5) is 0 Å². The Morgan fingerprint density at radius 1 is 0.880 bits per heavy atom. The molecule has 0 N–H and O–H groups in total. The van der Waals surface area contributed by atoms with Gasteiger partial charge < -0.3 is 13.6 Å². The van der Waals surface area contributed by atoms with Gasteiger partial charge in [-0.15, -0.1) is 0 Å². The highest BCUT2D eigenvalue weighted by Gasteiger charge is 2.35. The molecule has 1 rings (SSSR count). The molecular weight excluding hydrogens is 434 g/mol. The van der Waals surface area contributed by atoms with E-state index in [-0.39, 0.29) is 37.5 Å². The summed E-state index contributed by atoms with van der Waals surface area (Å²) in [6.45, 7) is 7.43. The maximum Gasteiger partial charge on any atom is 0.530 e. The van der Waals surface area contributed by atoms with Crippen molar-refractivity contribution in [3.05, 3.63) is 23.8 Å². The lowest BCUT2D eigenvalue weighted by Gasteiger charge is -2.23. The third-order valence-electron chi connectivity index (χ3n) is 2.86. The highest BCUT2D eigenvalue weighted by Crippen LogP contribution is 2.54. The molecule has 1 aromatic rings. The molecule has 0 atom stereocenters. The van der Waals surface area contributed by atoms with Gasteiger partial charge in [-0.1, -0.05) is 22.0 Å². The van der Waals surface area contributed by atoms with Crippen LogP contribution in [0, 0.1) is 0 Å². The van der Waals surface area contributed by atoms with E-state index in [1.807, 2.05) is 0 Å². The molecule has 0 radical (unpaired) electrons. The first kappa shape index (κ1) is 22.8. The number of hydrogen-bond donors (Lipinski definition) is 0. The van der Waals surface area contributed by atoms with Crippen molar-refractivity contribution in [3.8, 4) is 5.75 Å². The molecule has 1 aromatic carbocycles. The molecule has 0 heterocycles. The van der Waals surface area contributed by atoms with Crippen molar-refractivity contribution in [3.63, 3.8) is 0 Å². The summed E-state index contributed by atoms with van der Waals surface area (Å²) in [5.74, 6) is 0.0835. The Bertz CT molecular complexity index is 618. The zero-order chi connectivity index (χ0) is 18.9. The van der Waals surface area contributed by atoms with E-state index in [0.29, 0.717) is 5.33 Å². The fraction of sp³-hybridized carbons (Fsp3) is 0.600. The third-order valence-corrected chi connectivity index (χ3v) is 7.21. The first-order chi connectivity index (χ1) is 11.9. The highest BCUT2D eigenvalue weighted by molar-refractivity contribution is 9.08. The molecule has 10 heteroatoms. The number of halogens is 1. The lowest BCUT2D eigenvalue weighted by Crippen LogP contribution is -2.16. The number of phosphoric ester groups is 1. The van der Waals surface area contributed by atoms with Crippen molar-refractivity contribution >= 4 is 36.7 Å². The Hall–Kier alpha value is -0.200. The van der Waals surface area contributed by atoms with Crippen LogP contribution in [-0.2, 0) is 32.6 Å². The van der Waals surface area contributed by atoms with Crippen LogP contribution in [0.25, 0.3) is 0 Å². The van der Waals surface area contributed by atoms with E-state index in [1.165, 1.54) is 0 Å². The normalized spacial score (nSPS) is 12.4. The Kier molecular flexibility index (Phi) is 9.89. The van der Waals surface area contributed by atoms with Crippen LogP contribution >= 0.6 is 31.3 Å². The highest BCUT2D eigenvalue weighted by atomic mass is 79.9. The average Bonchev–Trinajstić information content (AvgIpc) is 2.56.